The second-order valence-corrected chi connectivity index (χ2v) is 6.11. The largest absolute Gasteiger partial charge is 0.480 e. The number of aromatic nitrogens is 3. The fraction of sp³-hybridized carbons (Fsp3) is 0.588. The summed E-state index contributed by atoms with van der Waals surface area (Å²) in [7, 11) is 1.65. The Labute approximate surface area is 136 Å². The topological polar surface area (TPSA) is 60.4 Å². The maximum absolute atomic E-state index is 5.67. The summed E-state index contributed by atoms with van der Waals surface area (Å²) in [5.41, 5.74) is 1.79. The van der Waals surface area contributed by atoms with Crippen LogP contribution in [0.4, 0.5) is 5.82 Å². The number of ether oxygens (including phenoxy) is 2. The Morgan fingerprint density at radius 3 is 2.91 bits per heavy atom. The predicted octanol–water partition coefficient (Wildman–Crippen LogP) is 2.38. The Morgan fingerprint density at radius 2 is 2.17 bits per heavy atom. The van der Waals surface area contributed by atoms with Gasteiger partial charge in [-0.25, -0.2) is 15.0 Å². The summed E-state index contributed by atoms with van der Waals surface area (Å²) in [6, 6.07) is 2.00. The van der Waals surface area contributed by atoms with Crippen LogP contribution in [0.25, 0.3) is 10.9 Å². The highest BCUT2D eigenvalue weighted by atomic mass is 16.5. The van der Waals surface area contributed by atoms with E-state index in [1.165, 1.54) is 0 Å². The van der Waals surface area contributed by atoms with E-state index in [0.29, 0.717) is 18.4 Å². The Morgan fingerprint density at radius 1 is 1.35 bits per heavy atom. The predicted molar refractivity (Wildman–Crippen MR) is 90.2 cm³/mol. The van der Waals surface area contributed by atoms with Gasteiger partial charge >= 0.3 is 0 Å². The number of aryl methyl sites for hydroxylation is 2. The van der Waals surface area contributed by atoms with Gasteiger partial charge in [0.15, 0.2) is 0 Å². The molecule has 2 aromatic heterocycles. The van der Waals surface area contributed by atoms with Crippen molar-refractivity contribution in [2.75, 3.05) is 38.3 Å². The standard InChI is InChI=1S/C17H24N4O2/c1-5-14-19-13-8-12(3)18-17(22-4)15(13)16(20-14)21-6-7-23-10-11(2)9-21/h8,11H,5-7,9-10H2,1-4H3. The summed E-state index contributed by atoms with van der Waals surface area (Å²) in [6.07, 6.45) is 0.798. The minimum atomic E-state index is 0.456. The van der Waals surface area contributed by atoms with Crippen molar-refractivity contribution >= 4 is 16.7 Å². The maximum Gasteiger partial charge on any atom is 0.226 e. The molecule has 0 bridgehead atoms. The van der Waals surface area contributed by atoms with Gasteiger partial charge in [0.2, 0.25) is 5.88 Å². The van der Waals surface area contributed by atoms with Gasteiger partial charge in [-0.3, -0.25) is 0 Å². The third-order valence-corrected chi connectivity index (χ3v) is 4.05. The van der Waals surface area contributed by atoms with Crippen molar-refractivity contribution in [3.8, 4) is 5.88 Å². The number of rotatable bonds is 3. The average molecular weight is 316 g/mol. The van der Waals surface area contributed by atoms with Crippen molar-refractivity contribution in [1.29, 1.82) is 0 Å². The molecule has 0 spiro atoms. The van der Waals surface area contributed by atoms with Gasteiger partial charge in [-0.05, 0) is 18.9 Å². The van der Waals surface area contributed by atoms with Gasteiger partial charge in [0.25, 0.3) is 0 Å². The van der Waals surface area contributed by atoms with Crippen LogP contribution in [0.3, 0.4) is 0 Å². The van der Waals surface area contributed by atoms with Crippen molar-refractivity contribution in [2.45, 2.75) is 27.2 Å². The van der Waals surface area contributed by atoms with E-state index in [1.54, 1.807) is 7.11 Å². The van der Waals surface area contributed by atoms with E-state index in [-0.39, 0.29) is 0 Å². The lowest BCUT2D eigenvalue weighted by Crippen LogP contribution is -2.30. The molecule has 1 unspecified atom stereocenters. The lowest BCUT2D eigenvalue weighted by Gasteiger charge is -2.25. The first kappa shape index (κ1) is 15.9. The third kappa shape index (κ3) is 3.22. The van der Waals surface area contributed by atoms with Gasteiger partial charge in [0.05, 0.1) is 25.8 Å². The fourth-order valence-corrected chi connectivity index (χ4v) is 2.97. The van der Waals surface area contributed by atoms with Crippen molar-refractivity contribution < 1.29 is 9.47 Å². The molecular formula is C17H24N4O2. The summed E-state index contributed by atoms with van der Waals surface area (Å²) in [5, 5.41) is 0.893. The van der Waals surface area contributed by atoms with Crippen molar-refractivity contribution in [1.82, 2.24) is 15.0 Å². The molecular weight excluding hydrogens is 292 g/mol. The summed E-state index contributed by atoms with van der Waals surface area (Å²) in [6.45, 7) is 9.44. The van der Waals surface area contributed by atoms with Crippen molar-refractivity contribution in [3.63, 3.8) is 0 Å². The lowest BCUT2D eigenvalue weighted by molar-refractivity contribution is 0.129. The summed E-state index contributed by atoms with van der Waals surface area (Å²) in [4.78, 5) is 16.3. The van der Waals surface area contributed by atoms with Gasteiger partial charge in [-0.2, -0.15) is 0 Å². The molecule has 1 aliphatic heterocycles. The molecule has 0 aromatic carbocycles. The normalized spacial score (nSPS) is 19.0. The molecule has 6 heteroatoms. The molecule has 0 N–H and O–H groups in total. The number of fused-ring (bicyclic) bond motifs is 1. The average Bonchev–Trinajstić information content (AvgIpc) is 2.77. The SMILES string of the molecule is CCc1nc(N2CCOCC(C)C2)c2c(OC)nc(C)cc2n1. The molecule has 0 radical (unpaired) electrons. The van der Waals surface area contributed by atoms with Crippen LogP contribution in [0.5, 0.6) is 5.88 Å². The monoisotopic (exact) mass is 316 g/mol. The second-order valence-electron chi connectivity index (χ2n) is 6.11. The van der Waals surface area contributed by atoms with Crippen LogP contribution in [-0.2, 0) is 11.2 Å². The van der Waals surface area contributed by atoms with Crippen molar-refractivity contribution in [3.05, 3.63) is 17.6 Å². The van der Waals surface area contributed by atoms with E-state index in [2.05, 4.69) is 28.7 Å². The van der Waals surface area contributed by atoms with E-state index >= 15 is 0 Å². The summed E-state index contributed by atoms with van der Waals surface area (Å²) in [5.74, 6) is 2.80. The third-order valence-electron chi connectivity index (χ3n) is 4.05. The molecule has 1 fully saturated rings. The maximum atomic E-state index is 5.67. The van der Waals surface area contributed by atoms with Crippen LogP contribution in [0, 0.1) is 12.8 Å². The minimum Gasteiger partial charge on any atom is -0.480 e. The van der Waals surface area contributed by atoms with Gasteiger partial charge in [-0.15, -0.1) is 0 Å². The Hall–Kier alpha value is -1.95. The lowest BCUT2D eigenvalue weighted by atomic mass is 10.1. The zero-order valence-corrected chi connectivity index (χ0v) is 14.3. The van der Waals surface area contributed by atoms with Crippen LogP contribution in [0.2, 0.25) is 0 Å². The zero-order valence-electron chi connectivity index (χ0n) is 14.3. The van der Waals surface area contributed by atoms with E-state index in [4.69, 9.17) is 14.5 Å². The number of pyridine rings is 1. The van der Waals surface area contributed by atoms with E-state index in [1.807, 2.05) is 13.0 Å². The summed E-state index contributed by atoms with van der Waals surface area (Å²) >= 11 is 0. The van der Waals surface area contributed by atoms with Crippen LogP contribution >= 0.6 is 0 Å². The highest BCUT2D eigenvalue weighted by Crippen LogP contribution is 2.32. The Kier molecular flexibility index (Phi) is 4.61. The molecule has 1 atom stereocenters. The first-order chi connectivity index (χ1) is 11.1. The number of hydrogen-bond acceptors (Lipinski definition) is 6. The van der Waals surface area contributed by atoms with E-state index in [0.717, 1.165) is 54.4 Å². The minimum absolute atomic E-state index is 0.456. The van der Waals surface area contributed by atoms with Crippen LogP contribution in [-0.4, -0.2) is 48.4 Å². The molecule has 0 aliphatic carbocycles. The molecule has 1 saturated heterocycles. The van der Waals surface area contributed by atoms with Crippen LogP contribution in [0.1, 0.15) is 25.4 Å². The van der Waals surface area contributed by atoms with Gasteiger partial charge in [-0.1, -0.05) is 13.8 Å². The highest BCUT2D eigenvalue weighted by molar-refractivity contribution is 5.94. The van der Waals surface area contributed by atoms with Crippen LogP contribution < -0.4 is 9.64 Å². The van der Waals surface area contributed by atoms with Crippen molar-refractivity contribution in [2.24, 2.45) is 5.92 Å². The van der Waals surface area contributed by atoms with Gasteiger partial charge in [0, 0.05) is 25.2 Å². The second kappa shape index (κ2) is 6.66. The Bertz CT molecular complexity index is 705. The van der Waals surface area contributed by atoms with Crippen LogP contribution in [0.15, 0.2) is 6.07 Å². The number of anilines is 1. The molecule has 3 heterocycles. The first-order valence-corrected chi connectivity index (χ1v) is 8.17. The molecule has 2 aromatic rings. The highest BCUT2D eigenvalue weighted by Gasteiger charge is 2.22. The fourth-order valence-electron chi connectivity index (χ4n) is 2.97. The number of methoxy groups -OCH3 is 1. The quantitative estimate of drug-likeness (QED) is 0.866. The van der Waals surface area contributed by atoms with Gasteiger partial charge in [0.1, 0.15) is 17.0 Å². The molecule has 124 valence electrons. The zero-order chi connectivity index (χ0) is 16.4. The molecule has 23 heavy (non-hydrogen) atoms. The first-order valence-electron chi connectivity index (χ1n) is 8.17. The molecule has 0 amide bonds. The molecule has 0 saturated carbocycles. The Balaban J connectivity index is 2.20. The number of hydrogen-bond donors (Lipinski definition) is 0. The van der Waals surface area contributed by atoms with E-state index in [9.17, 15) is 0 Å². The molecule has 6 nitrogen and oxygen atoms in total. The van der Waals surface area contributed by atoms with E-state index < -0.39 is 0 Å². The van der Waals surface area contributed by atoms with Gasteiger partial charge < -0.3 is 14.4 Å². The molecule has 3 rings (SSSR count). The molecule has 1 aliphatic rings. The smallest absolute Gasteiger partial charge is 0.226 e. The number of nitrogens with zero attached hydrogens (tertiary/aromatic N) is 4. The summed E-state index contributed by atoms with van der Waals surface area (Å²) < 4.78 is 11.2.